The molecule has 15 heavy (non-hydrogen) atoms. The van der Waals surface area contributed by atoms with Crippen molar-refractivity contribution in [2.45, 2.75) is 26.8 Å². The second-order valence-corrected chi connectivity index (χ2v) is 5.36. The fraction of sp³-hybridized carbons (Fsp3) is 0.286. The van der Waals surface area contributed by atoms with Gasteiger partial charge in [-0.2, -0.15) is 0 Å². The van der Waals surface area contributed by atoms with Gasteiger partial charge in [0.15, 0.2) is 0 Å². The van der Waals surface area contributed by atoms with Crippen LogP contribution in [0.25, 0.3) is 5.57 Å². The van der Waals surface area contributed by atoms with Crippen LogP contribution in [-0.4, -0.2) is 9.52 Å². The predicted molar refractivity (Wildman–Crippen MR) is 70.8 cm³/mol. The number of hydrogen-bond donors (Lipinski definition) is 0. The Labute approximate surface area is 95.5 Å². The lowest BCUT2D eigenvalue weighted by molar-refractivity contribution is 1.36. The molecule has 0 spiro atoms. The lowest BCUT2D eigenvalue weighted by Crippen LogP contribution is -2.12. The third-order valence-corrected chi connectivity index (χ3v) is 3.34. The van der Waals surface area contributed by atoms with Gasteiger partial charge in [-0.15, -0.1) is 0 Å². The van der Waals surface area contributed by atoms with E-state index in [1.54, 1.807) is 0 Å². The summed E-state index contributed by atoms with van der Waals surface area (Å²) in [5.41, 5.74) is 3.78. The molecule has 0 aromatic heterocycles. The number of hydrogen-bond acceptors (Lipinski definition) is 0. The highest BCUT2D eigenvalue weighted by Crippen LogP contribution is 2.08. The van der Waals surface area contributed by atoms with Crippen molar-refractivity contribution in [3.8, 4) is 0 Å². The predicted octanol–water partition coefficient (Wildman–Crippen LogP) is 3.43. The fourth-order valence-corrected chi connectivity index (χ4v) is 2.39. The zero-order valence-electron chi connectivity index (χ0n) is 9.80. The van der Waals surface area contributed by atoms with Gasteiger partial charge in [0.25, 0.3) is 0 Å². The van der Waals surface area contributed by atoms with E-state index in [0.717, 1.165) is 21.1 Å². The molecule has 0 N–H and O–H groups in total. The van der Waals surface area contributed by atoms with Crippen LogP contribution in [0.2, 0.25) is 6.04 Å². The molecule has 0 bridgehead atoms. The van der Waals surface area contributed by atoms with Crippen LogP contribution >= 0.6 is 0 Å². The summed E-state index contributed by atoms with van der Waals surface area (Å²) < 4.78 is 0. The van der Waals surface area contributed by atoms with E-state index in [9.17, 15) is 0 Å². The second-order valence-electron chi connectivity index (χ2n) is 4.02. The normalized spacial score (nSPS) is 9.80. The third kappa shape index (κ3) is 4.30. The molecule has 0 amide bonds. The average Bonchev–Trinajstić information content (AvgIpc) is 2.18. The van der Waals surface area contributed by atoms with Crippen LogP contribution < -0.4 is 5.19 Å². The molecule has 1 aromatic rings. The van der Waals surface area contributed by atoms with Gasteiger partial charge in [0.2, 0.25) is 0 Å². The minimum absolute atomic E-state index is 0.881. The first kappa shape index (κ1) is 12.0. The summed E-state index contributed by atoms with van der Waals surface area (Å²) >= 11 is 0. The van der Waals surface area contributed by atoms with E-state index in [1.807, 2.05) is 6.92 Å². The van der Waals surface area contributed by atoms with Crippen LogP contribution in [0.5, 0.6) is 0 Å². The lowest BCUT2D eigenvalue weighted by Gasteiger charge is -2.01. The Bertz CT molecular complexity index is 353. The third-order valence-electron chi connectivity index (χ3n) is 2.19. The summed E-state index contributed by atoms with van der Waals surface area (Å²) in [6.45, 7) is 10.3. The van der Waals surface area contributed by atoms with Gasteiger partial charge < -0.3 is 0 Å². The first-order valence-corrected chi connectivity index (χ1v) is 6.43. The van der Waals surface area contributed by atoms with Crippen molar-refractivity contribution in [3.05, 3.63) is 48.1 Å². The molecule has 0 aliphatic heterocycles. The van der Waals surface area contributed by atoms with Gasteiger partial charge in [0.05, 0.1) is 9.52 Å². The van der Waals surface area contributed by atoms with E-state index in [4.69, 9.17) is 0 Å². The quantitative estimate of drug-likeness (QED) is 0.532. The Morgan fingerprint density at radius 3 is 2.27 bits per heavy atom. The van der Waals surface area contributed by atoms with Crippen molar-refractivity contribution in [2.75, 3.05) is 0 Å². The molecule has 2 radical (unpaired) electrons. The maximum absolute atomic E-state index is 3.93. The zero-order chi connectivity index (χ0) is 11.3. The molecule has 0 nitrogen and oxygen atoms in total. The maximum Gasteiger partial charge on any atom is 0.0849 e. The molecule has 1 heteroatoms. The number of rotatable bonds is 4. The van der Waals surface area contributed by atoms with E-state index in [-0.39, 0.29) is 0 Å². The summed E-state index contributed by atoms with van der Waals surface area (Å²) in [7, 11) is 0.881. The zero-order valence-corrected chi connectivity index (χ0v) is 10.8. The van der Waals surface area contributed by atoms with Crippen LogP contribution in [-0.2, 0) is 0 Å². The van der Waals surface area contributed by atoms with E-state index >= 15 is 0 Å². The minimum atomic E-state index is 0.881. The van der Waals surface area contributed by atoms with E-state index < -0.39 is 0 Å². The molecule has 1 aromatic carbocycles. The number of benzene rings is 1. The van der Waals surface area contributed by atoms with Crippen LogP contribution in [0.4, 0.5) is 0 Å². The van der Waals surface area contributed by atoms with Gasteiger partial charge in [-0.3, -0.25) is 0 Å². The van der Waals surface area contributed by atoms with Crippen LogP contribution in [0.1, 0.15) is 26.3 Å². The molecule has 1 rings (SSSR count). The van der Waals surface area contributed by atoms with Crippen LogP contribution in [0.3, 0.4) is 0 Å². The van der Waals surface area contributed by atoms with E-state index in [1.165, 1.54) is 16.3 Å². The summed E-state index contributed by atoms with van der Waals surface area (Å²) in [6, 6.07) is 9.90. The first-order valence-electron chi connectivity index (χ1n) is 5.23. The molecule has 0 heterocycles. The highest BCUT2D eigenvalue weighted by Gasteiger charge is 1.95. The summed E-state index contributed by atoms with van der Waals surface area (Å²) in [6.07, 6.45) is 2.30. The Morgan fingerprint density at radius 2 is 1.80 bits per heavy atom. The Hall–Kier alpha value is -1.08. The standard InChI is InChI=1S/C14H18Si/c1-11(2)9-10-15-14-7-5-13(6-8-14)12(3)4/h5-9H,3,10H2,1-2,4H3. The molecule has 0 fully saturated rings. The van der Waals surface area contributed by atoms with Gasteiger partial charge >= 0.3 is 0 Å². The Morgan fingerprint density at radius 1 is 1.20 bits per heavy atom. The maximum atomic E-state index is 3.93. The van der Waals surface area contributed by atoms with E-state index in [0.29, 0.717) is 0 Å². The molecule has 0 aliphatic rings. The molecule has 0 saturated heterocycles. The summed E-state index contributed by atoms with van der Waals surface area (Å²) in [5.74, 6) is 0. The largest absolute Gasteiger partial charge is 0.0955 e. The van der Waals surface area contributed by atoms with Crippen molar-refractivity contribution in [1.82, 2.24) is 0 Å². The number of allylic oxidation sites excluding steroid dienone is 3. The Kier molecular flexibility index (Phi) is 4.57. The molecule has 0 atom stereocenters. The molecule has 0 unspecified atom stereocenters. The monoisotopic (exact) mass is 214 g/mol. The van der Waals surface area contributed by atoms with E-state index in [2.05, 4.69) is 50.8 Å². The average molecular weight is 214 g/mol. The summed E-state index contributed by atoms with van der Waals surface area (Å²) in [5, 5.41) is 1.43. The highest BCUT2D eigenvalue weighted by atomic mass is 28.2. The topological polar surface area (TPSA) is 0 Å². The second kappa shape index (κ2) is 5.71. The summed E-state index contributed by atoms with van der Waals surface area (Å²) in [4.78, 5) is 0. The first-order chi connectivity index (χ1) is 7.09. The molecular formula is C14H18Si. The lowest BCUT2D eigenvalue weighted by atomic mass is 10.1. The molecule has 0 aliphatic carbocycles. The molecule has 0 saturated carbocycles. The van der Waals surface area contributed by atoms with Gasteiger partial charge in [-0.25, -0.2) is 0 Å². The van der Waals surface area contributed by atoms with Gasteiger partial charge in [0, 0.05) is 0 Å². The highest BCUT2D eigenvalue weighted by molar-refractivity contribution is 6.53. The van der Waals surface area contributed by atoms with Gasteiger partial charge in [-0.05, 0) is 32.4 Å². The van der Waals surface area contributed by atoms with Crippen molar-refractivity contribution in [1.29, 1.82) is 0 Å². The van der Waals surface area contributed by atoms with Crippen molar-refractivity contribution in [3.63, 3.8) is 0 Å². The van der Waals surface area contributed by atoms with Crippen LogP contribution in [0, 0.1) is 0 Å². The fourth-order valence-electron chi connectivity index (χ4n) is 1.25. The molecular weight excluding hydrogens is 196 g/mol. The van der Waals surface area contributed by atoms with Crippen molar-refractivity contribution < 1.29 is 0 Å². The van der Waals surface area contributed by atoms with Crippen molar-refractivity contribution in [2.24, 2.45) is 0 Å². The van der Waals surface area contributed by atoms with Gasteiger partial charge in [-0.1, -0.05) is 53.3 Å². The SMILES string of the molecule is C=C(C)c1ccc([Si]CC=C(C)C)cc1. The van der Waals surface area contributed by atoms with Crippen LogP contribution in [0.15, 0.2) is 42.5 Å². The van der Waals surface area contributed by atoms with Gasteiger partial charge in [0.1, 0.15) is 0 Å². The Balaban J connectivity index is 2.57. The smallest absolute Gasteiger partial charge is 0.0849 e. The van der Waals surface area contributed by atoms with Crippen molar-refractivity contribution >= 4 is 20.3 Å². The minimum Gasteiger partial charge on any atom is -0.0955 e. The molecule has 78 valence electrons.